The number of aryl methyl sites for hydroxylation is 1. The maximum absolute atomic E-state index is 12.5. The van der Waals surface area contributed by atoms with Crippen LogP contribution in [-0.2, 0) is 7.05 Å². The summed E-state index contributed by atoms with van der Waals surface area (Å²) in [6, 6.07) is 0.399. The summed E-state index contributed by atoms with van der Waals surface area (Å²) < 4.78 is 1.23. The van der Waals surface area contributed by atoms with Crippen molar-refractivity contribution in [3.63, 3.8) is 0 Å². The number of nitrogens with one attached hydrogen (secondary N) is 1. The summed E-state index contributed by atoms with van der Waals surface area (Å²) in [6.07, 6.45) is 6.03. The molecular weight excluding hydrogens is 284 g/mol. The maximum Gasteiger partial charge on any atom is 0.328 e. The van der Waals surface area contributed by atoms with Gasteiger partial charge in [0.1, 0.15) is 5.56 Å². The fourth-order valence-electron chi connectivity index (χ4n) is 3.39. The first-order valence-electron chi connectivity index (χ1n) is 7.89. The predicted octanol–water partition coefficient (Wildman–Crippen LogP) is -0.226. The third-order valence-corrected chi connectivity index (χ3v) is 4.70. The first-order valence-corrected chi connectivity index (χ1v) is 7.89. The minimum absolute atomic E-state index is 0.0430. The van der Waals surface area contributed by atoms with E-state index in [9.17, 15) is 14.4 Å². The van der Waals surface area contributed by atoms with Crippen LogP contribution in [0.5, 0.6) is 0 Å². The zero-order chi connectivity index (χ0) is 15.7. The van der Waals surface area contributed by atoms with Crippen molar-refractivity contribution in [3.8, 4) is 0 Å². The lowest BCUT2D eigenvalue weighted by atomic mass is 10.1. The molecule has 7 heteroatoms. The molecule has 3 heterocycles. The number of hydrogen-bond acceptors (Lipinski definition) is 4. The fourth-order valence-corrected chi connectivity index (χ4v) is 3.39. The van der Waals surface area contributed by atoms with Gasteiger partial charge in [-0.25, -0.2) is 4.79 Å². The predicted molar refractivity (Wildman–Crippen MR) is 82.0 cm³/mol. The van der Waals surface area contributed by atoms with E-state index in [1.54, 1.807) is 4.90 Å². The summed E-state index contributed by atoms with van der Waals surface area (Å²) >= 11 is 0. The zero-order valence-corrected chi connectivity index (χ0v) is 12.9. The Labute approximate surface area is 128 Å². The van der Waals surface area contributed by atoms with Gasteiger partial charge in [-0.3, -0.25) is 19.5 Å². The highest BCUT2D eigenvalue weighted by molar-refractivity contribution is 5.93. The molecule has 0 bridgehead atoms. The molecule has 0 saturated carbocycles. The van der Waals surface area contributed by atoms with Crippen molar-refractivity contribution < 1.29 is 4.79 Å². The molecule has 7 nitrogen and oxygen atoms in total. The minimum atomic E-state index is -0.602. The van der Waals surface area contributed by atoms with Gasteiger partial charge in [0.25, 0.3) is 11.5 Å². The molecule has 1 aromatic heterocycles. The van der Waals surface area contributed by atoms with Gasteiger partial charge >= 0.3 is 5.69 Å². The molecule has 0 unspecified atom stereocenters. The molecule has 0 radical (unpaired) electrons. The second-order valence-electron chi connectivity index (χ2n) is 6.20. The van der Waals surface area contributed by atoms with Gasteiger partial charge in [-0.05, 0) is 32.4 Å². The van der Waals surface area contributed by atoms with E-state index >= 15 is 0 Å². The second-order valence-corrected chi connectivity index (χ2v) is 6.20. The summed E-state index contributed by atoms with van der Waals surface area (Å²) in [7, 11) is 1.52. The number of H-pyrrole nitrogens is 1. The van der Waals surface area contributed by atoms with Crippen LogP contribution in [0.2, 0.25) is 0 Å². The maximum atomic E-state index is 12.5. The molecule has 1 amide bonds. The van der Waals surface area contributed by atoms with Gasteiger partial charge in [0.05, 0.1) is 0 Å². The molecule has 120 valence electrons. The van der Waals surface area contributed by atoms with Crippen LogP contribution in [0.4, 0.5) is 0 Å². The monoisotopic (exact) mass is 306 g/mol. The molecule has 2 saturated heterocycles. The van der Waals surface area contributed by atoms with Crippen LogP contribution in [0.3, 0.4) is 0 Å². The molecule has 1 N–H and O–H groups in total. The molecular formula is C15H22N4O3. The lowest BCUT2D eigenvalue weighted by molar-refractivity contribution is 0.0768. The van der Waals surface area contributed by atoms with Crippen molar-refractivity contribution in [2.75, 3.05) is 26.2 Å². The van der Waals surface area contributed by atoms with Gasteiger partial charge in [0.2, 0.25) is 0 Å². The van der Waals surface area contributed by atoms with Crippen molar-refractivity contribution in [2.24, 2.45) is 7.05 Å². The average molecular weight is 306 g/mol. The summed E-state index contributed by atoms with van der Waals surface area (Å²) in [6.45, 7) is 3.55. The van der Waals surface area contributed by atoms with E-state index in [1.807, 2.05) is 0 Å². The Morgan fingerprint density at radius 2 is 1.91 bits per heavy atom. The van der Waals surface area contributed by atoms with Crippen molar-refractivity contribution in [1.29, 1.82) is 0 Å². The Morgan fingerprint density at radius 3 is 2.64 bits per heavy atom. The molecule has 22 heavy (non-hydrogen) atoms. The molecule has 0 aromatic carbocycles. The number of amides is 1. The van der Waals surface area contributed by atoms with Crippen molar-refractivity contribution in [1.82, 2.24) is 19.4 Å². The van der Waals surface area contributed by atoms with Crippen LogP contribution < -0.4 is 11.2 Å². The first kappa shape index (κ1) is 15.0. The van der Waals surface area contributed by atoms with Crippen molar-refractivity contribution in [3.05, 3.63) is 32.6 Å². The van der Waals surface area contributed by atoms with Gasteiger partial charge in [-0.1, -0.05) is 6.42 Å². The molecule has 1 atom stereocenters. The quantitative estimate of drug-likeness (QED) is 0.819. The molecule has 0 aliphatic carbocycles. The molecule has 1 aromatic rings. The van der Waals surface area contributed by atoms with Gasteiger partial charge in [-0.2, -0.15) is 0 Å². The smallest absolute Gasteiger partial charge is 0.328 e. The Bertz CT molecular complexity index is 672. The number of nitrogens with zero attached hydrogens (tertiary/aromatic N) is 3. The molecule has 2 fully saturated rings. The van der Waals surface area contributed by atoms with Crippen LogP contribution in [0.1, 0.15) is 36.0 Å². The normalized spacial score (nSPS) is 23.0. The number of rotatable bonds is 2. The van der Waals surface area contributed by atoms with Crippen LogP contribution in [0, 0.1) is 0 Å². The van der Waals surface area contributed by atoms with Gasteiger partial charge in [-0.15, -0.1) is 0 Å². The highest BCUT2D eigenvalue weighted by atomic mass is 16.2. The van der Waals surface area contributed by atoms with E-state index in [2.05, 4.69) is 9.88 Å². The van der Waals surface area contributed by atoms with Gasteiger partial charge < -0.3 is 9.47 Å². The zero-order valence-electron chi connectivity index (χ0n) is 12.9. The number of aromatic amines is 1. The first-order chi connectivity index (χ1) is 10.6. The van der Waals surface area contributed by atoms with Crippen LogP contribution >= 0.6 is 0 Å². The number of carbonyl (C=O) groups is 1. The van der Waals surface area contributed by atoms with Crippen LogP contribution in [0.25, 0.3) is 0 Å². The van der Waals surface area contributed by atoms with Gasteiger partial charge in [0, 0.05) is 32.4 Å². The largest absolute Gasteiger partial charge is 0.337 e. The van der Waals surface area contributed by atoms with E-state index < -0.39 is 11.2 Å². The topological polar surface area (TPSA) is 78.4 Å². The van der Waals surface area contributed by atoms with Crippen LogP contribution in [0.15, 0.2) is 15.8 Å². The second kappa shape index (κ2) is 6.08. The number of carbonyl (C=O) groups excluding carboxylic acids is 1. The fraction of sp³-hybridized carbons (Fsp3) is 0.667. The van der Waals surface area contributed by atoms with E-state index in [4.69, 9.17) is 0 Å². The molecule has 2 aliphatic heterocycles. The number of hydrogen-bond donors (Lipinski definition) is 1. The Balaban J connectivity index is 1.72. The number of aromatic nitrogens is 2. The van der Waals surface area contributed by atoms with Crippen LogP contribution in [-0.4, -0.2) is 57.5 Å². The molecule has 3 rings (SSSR count). The van der Waals surface area contributed by atoms with Gasteiger partial charge in [0.15, 0.2) is 0 Å². The Morgan fingerprint density at radius 1 is 1.18 bits per heavy atom. The Kier molecular flexibility index (Phi) is 4.15. The summed E-state index contributed by atoms with van der Waals surface area (Å²) in [5, 5.41) is 0. The van der Waals surface area contributed by atoms with Crippen molar-refractivity contribution in [2.45, 2.75) is 31.7 Å². The third kappa shape index (κ3) is 2.85. The standard InChI is InChI=1S/C15H22N4O3/c1-17-10-12(13(20)16-15(17)22)14(21)19-8-5-11(9-19)18-6-3-2-4-7-18/h10-11H,2-9H2,1H3,(H,16,20,22)/t11-/m0/s1. The van der Waals surface area contributed by atoms with E-state index in [0.29, 0.717) is 19.1 Å². The summed E-state index contributed by atoms with van der Waals surface area (Å²) in [5.74, 6) is -0.281. The lowest BCUT2D eigenvalue weighted by Gasteiger charge is -2.32. The summed E-state index contributed by atoms with van der Waals surface area (Å²) in [5.41, 5.74) is -1.06. The lowest BCUT2D eigenvalue weighted by Crippen LogP contribution is -2.42. The molecule has 0 spiro atoms. The Hall–Kier alpha value is -1.89. The summed E-state index contributed by atoms with van der Waals surface area (Å²) in [4.78, 5) is 42.1. The van der Waals surface area contributed by atoms with E-state index in [1.165, 1.54) is 37.1 Å². The SMILES string of the molecule is Cn1cc(C(=O)N2CC[C@H](N3CCCCC3)C2)c(=O)[nH]c1=O. The minimum Gasteiger partial charge on any atom is -0.337 e. The third-order valence-electron chi connectivity index (χ3n) is 4.70. The highest BCUT2D eigenvalue weighted by Gasteiger charge is 2.32. The number of piperidine rings is 1. The average Bonchev–Trinajstić information content (AvgIpc) is 3.01. The molecule has 2 aliphatic rings. The van der Waals surface area contributed by atoms with Crippen molar-refractivity contribution >= 4 is 5.91 Å². The van der Waals surface area contributed by atoms with E-state index in [-0.39, 0.29) is 11.5 Å². The highest BCUT2D eigenvalue weighted by Crippen LogP contribution is 2.20. The number of likely N-dealkylation sites (tertiary alicyclic amines) is 2. The van der Waals surface area contributed by atoms with E-state index in [0.717, 1.165) is 19.5 Å².